The minimum absolute atomic E-state index is 0.0809. The van der Waals surface area contributed by atoms with E-state index in [0.29, 0.717) is 0 Å². The minimum Gasteiger partial charge on any atom is -0.289 e. The predicted molar refractivity (Wildman–Crippen MR) is 42.0 cm³/mol. The van der Waals surface area contributed by atoms with Gasteiger partial charge in [0.05, 0.1) is 7.11 Å². The molecular weight excluding hydrogens is 168 g/mol. The van der Waals surface area contributed by atoms with Crippen molar-refractivity contribution in [3.05, 3.63) is 0 Å². The summed E-state index contributed by atoms with van der Waals surface area (Å²) >= 11 is 0. The van der Waals surface area contributed by atoms with Crippen LogP contribution in [0.2, 0.25) is 0 Å². The molecule has 0 spiro atoms. The van der Waals surface area contributed by atoms with Crippen molar-refractivity contribution in [2.75, 3.05) is 14.2 Å². The van der Waals surface area contributed by atoms with Crippen LogP contribution in [0.4, 0.5) is 0 Å². The first kappa shape index (κ1) is 10.8. The molecule has 0 saturated carbocycles. The topological polar surface area (TPSA) is 58.6 Å². The van der Waals surface area contributed by atoms with E-state index < -0.39 is 10.2 Å². The molecule has 68 valence electrons. The molecule has 0 aromatic heterocycles. The number of nitrogens with one attached hydrogen (secondary N) is 1. The molecule has 0 aliphatic carbocycles. The second-order valence-corrected chi connectivity index (χ2v) is 4.10. The Morgan fingerprint density at radius 1 is 1.45 bits per heavy atom. The first-order valence-corrected chi connectivity index (χ1v) is 4.63. The van der Waals surface area contributed by atoms with E-state index in [1.54, 1.807) is 13.8 Å². The van der Waals surface area contributed by atoms with Gasteiger partial charge in [0, 0.05) is 13.1 Å². The molecule has 0 aliphatic heterocycles. The van der Waals surface area contributed by atoms with Crippen LogP contribution in [0.5, 0.6) is 0 Å². The Kier molecular flexibility index (Phi) is 3.95. The van der Waals surface area contributed by atoms with E-state index in [0.717, 1.165) is 0 Å². The second-order valence-electron chi connectivity index (χ2n) is 2.40. The van der Waals surface area contributed by atoms with Gasteiger partial charge in [0.15, 0.2) is 0 Å². The Bertz CT molecular complexity index is 200. The summed E-state index contributed by atoms with van der Waals surface area (Å²) < 4.78 is 23.3. The van der Waals surface area contributed by atoms with E-state index >= 15 is 0 Å². The zero-order valence-corrected chi connectivity index (χ0v) is 7.97. The lowest BCUT2D eigenvalue weighted by Crippen LogP contribution is -2.41. The molecule has 1 N–H and O–H groups in total. The minimum atomic E-state index is -3.45. The number of hydrogen-bond donors (Lipinski definition) is 1. The molecule has 0 rings (SSSR count). The SMILES string of the molecule is CONS(=O)(=O)N(C)C(C)C. The molecule has 5 nitrogen and oxygen atoms in total. The predicted octanol–water partition coefficient (Wildman–Crippen LogP) is -0.278. The summed E-state index contributed by atoms with van der Waals surface area (Å²) in [4.78, 5) is 6.20. The monoisotopic (exact) mass is 182 g/mol. The molecule has 6 heteroatoms. The lowest BCUT2D eigenvalue weighted by molar-refractivity contribution is 0.145. The van der Waals surface area contributed by atoms with Gasteiger partial charge in [-0.15, -0.1) is 0 Å². The highest BCUT2D eigenvalue weighted by atomic mass is 32.2. The van der Waals surface area contributed by atoms with Gasteiger partial charge in [0.25, 0.3) is 0 Å². The molecular formula is C5H14N2O3S. The quantitative estimate of drug-likeness (QED) is 0.608. The summed E-state index contributed by atoms with van der Waals surface area (Å²) in [6.45, 7) is 3.55. The Balaban J connectivity index is 4.31. The average Bonchev–Trinajstić information content (AvgIpc) is 1.86. The van der Waals surface area contributed by atoms with Gasteiger partial charge in [-0.1, -0.05) is 4.89 Å². The first-order chi connectivity index (χ1) is 4.91. The first-order valence-electron chi connectivity index (χ1n) is 3.19. The maximum Gasteiger partial charge on any atom is 0.301 e. The smallest absolute Gasteiger partial charge is 0.289 e. The summed E-state index contributed by atoms with van der Waals surface area (Å²) in [5.74, 6) is 0. The van der Waals surface area contributed by atoms with Crippen LogP contribution in [0.3, 0.4) is 0 Å². The molecule has 11 heavy (non-hydrogen) atoms. The maximum absolute atomic E-state index is 11.1. The average molecular weight is 182 g/mol. The van der Waals surface area contributed by atoms with E-state index in [-0.39, 0.29) is 6.04 Å². The second kappa shape index (κ2) is 4.01. The van der Waals surface area contributed by atoms with Crippen LogP contribution >= 0.6 is 0 Å². The normalized spacial score (nSPS) is 12.9. The zero-order chi connectivity index (χ0) is 9.07. The van der Waals surface area contributed by atoms with Gasteiger partial charge in [-0.25, -0.2) is 0 Å². The molecule has 0 radical (unpaired) electrons. The molecule has 0 aromatic rings. The van der Waals surface area contributed by atoms with Crippen LogP contribution in [-0.4, -0.2) is 32.9 Å². The van der Waals surface area contributed by atoms with Gasteiger partial charge in [0.2, 0.25) is 0 Å². The van der Waals surface area contributed by atoms with Crippen LogP contribution in [-0.2, 0) is 15.0 Å². The van der Waals surface area contributed by atoms with E-state index in [9.17, 15) is 8.42 Å². The van der Waals surface area contributed by atoms with Crippen LogP contribution in [0.1, 0.15) is 13.8 Å². The number of hydrogen-bond acceptors (Lipinski definition) is 3. The standard InChI is InChI=1S/C5H14N2O3S/c1-5(2)7(3)11(8,9)6-10-4/h5-6H,1-4H3. The summed E-state index contributed by atoms with van der Waals surface area (Å²) in [5, 5.41) is 0. The number of rotatable bonds is 4. The highest BCUT2D eigenvalue weighted by molar-refractivity contribution is 7.87. The van der Waals surface area contributed by atoms with Crippen molar-refractivity contribution in [1.82, 2.24) is 9.19 Å². The Labute approximate surface area is 67.5 Å². The van der Waals surface area contributed by atoms with Crippen LogP contribution in [0, 0.1) is 0 Å². The van der Waals surface area contributed by atoms with E-state index in [1.165, 1.54) is 18.5 Å². The Morgan fingerprint density at radius 3 is 2.18 bits per heavy atom. The van der Waals surface area contributed by atoms with Gasteiger partial charge < -0.3 is 0 Å². The van der Waals surface area contributed by atoms with E-state index in [4.69, 9.17) is 0 Å². The van der Waals surface area contributed by atoms with Crippen molar-refractivity contribution in [2.45, 2.75) is 19.9 Å². The van der Waals surface area contributed by atoms with Crippen molar-refractivity contribution in [3.8, 4) is 0 Å². The fourth-order valence-electron chi connectivity index (χ4n) is 0.442. The fraction of sp³-hybridized carbons (Fsp3) is 1.00. The van der Waals surface area contributed by atoms with Crippen molar-refractivity contribution in [3.63, 3.8) is 0 Å². The largest absolute Gasteiger partial charge is 0.301 e. The molecule has 0 heterocycles. The van der Waals surface area contributed by atoms with Crippen LogP contribution in [0.25, 0.3) is 0 Å². The van der Waals surface area contributed by atoms with Crippen molar-refractivity contribution in [1.29, 1.82) is 0 Å². The third kappa shape index (κ3) is 3.15. The van der Waals surface area contributed by atoms with Gasteiger partial charge in [-0.2, -0.15) is 12.7 Å². The molecule has 0 fully saturated rings. The Hall–Kier alpha value is -0.170. The van der Waals surface area contributed by atoms with Crippen LogP contribution in [0.15, 0.2) is 0 Å². The highest BCUT2D eigenvalue weighted by Crippen LogP contribution is 1.99. The molecule has 0 saturated heterocycles. The third-order valence-corrected chi connectivity index (χ3v) is 2.85. The summed E-state index contributed by atoms with van der Waals surface area (Å²) in [6.07, 6.45) is 0. The van der Waals surface area contributed by atoms with Gasteiger partial charge >= 0.3 is 10.2 Å². The summed E-state index contributed by atoms with van der Waals surface area (Å²) in [7, 11) is -0.715. The summed E-state index contributed by atoms with van der Waals surface area (Å²) in [6, 6.07) is -0.0809. The third-order valence-electron chi connectivity index (χ3n) is 1.29. The number of nitrogens with zero attached hydrogens (tertiary/aromatic N) is 1. The molecule has 0 unspecified atom stereocenters. The molecule has 0 atom stereocenters. The van der Waals surface area contributed by atoms with Crippen LogP contribution < -0.4 is 4.89 Å². The van der Waals surface area contributed by atoms with E-state index in [1.807, 2.05) is 4.89 Å². The summed E-state index contributed by atoms with van der Waals surface area (Å²) in [5.41, 5.74) is 0. The Morgan fingerprint density at radius 2 is 1.91 bits per heavy atom. The molecule has 0 aromatic carbocycles. The molecule has 0 bridgehead atoms. The zero-order valence-electron chi connectivity index (χ0n) is 7.16. The van der Waals surface area contributed by atoms with Crippen molar-refractivity contribution >= 4 is 10.2 Å². The maximum atomic E-state index is 11.1. The fourth-order valence-corrected chi connectivity index (χ4v) is 1.32. The molecule has 0 aliphatic rings. The lowest BCUT2D eigenvalue weighted by atomic mass is 10.4. The van der Waals surface area contributed by atoms with Gasteiger partial charge in [-0.05, 0) is 13.8 Å². The molecule has 0 amide bonds. The highest BCUT2D eigenvalue weighted by Gasteiger charge is 2.19. The van der Waals surface area contributed by atoms with Crippen molar-refractivity contribution < 1.29 is 13.3 Å². The van der Waals surface area contributed by atoms with Gasteiger partial charge in [-0.3, -0.25) is 4.84 Å². The van der Waals surface area contributed by atoms with E-state index in [2.05, 4.69) is 4.84 Å². The van der Waals surface area contributed by atoms with Gasteiger partial charge in [0.1, 0.15) is 0 Å². The lowest BCUT2D eigenvalue weighted by Gasteiger charge is -2.19. The van der Waals surface area contributed by atoms with Crippen molar-refractivity contribution in [2.24, 2.45) is 0 Å².